The molecule has 4 nitrogen and oxygen atoms in total. The first kappa shape index (κ1) is 13.5. The number of hydrogen-bond acceptors (Lipinski definition) is 4. The average Bonchev–Trinajstić information content (AvgIpc) is 2.36. The normalized spacial score (nSPS) is 11.5. The molecule has 1 N–H and O–H groups in total. The molecule has 0 atom stereocenters. The van der Waals surface area contributed by atoms with E-state index in [9.17, 15) is 0 Å². The van der Waals surface area contributed by atoms with E-state index in [1.807, 2.05) is 19.1 Å². The fraction of sp³-hybridized carbons (Fsp3) is 0.214. The van der Waals surface area contributed by atoms with Crippen molar-refractivity contribution >= 4 is 23.1 Å². The molecule has 1 heterocycles. The number of aryl methyl sites for hydroxylation is 2. The number of anilines is 1. The first-order valence-corrected chi connectivity index (χ1v) is 6.31. The van der Waals surface area contributed by atoms with Crippen molar-refractivity contribution in [3.63, 3.8) is 0 Å². The Morgan fingerprint density at radius 1 is 1.16 bits per heavy atom. The number of hydrazone groups is 1. The molecule has 0 saturated carbocycles. The number of nitrogens with one attached hydrogen (secondary N) is 1. The Labute approximate surface area is 117 Å². The Morgan fingerprint density at radius 3 is 2.47 bits per heavy atom. The van der Waals surface area contributed by atoms with Gasteiger partial charge >= 0.3 is 0 Å². The zero-order valence-electron chi connectivity index (χ0n) is 11.1. The predicted molar refractivity (Wildman–Crippen MR) is 78.8 cm³/mol. The molecule has 2 rings (SSSR count). The summed E-state index contributed by atoms with van der Waals surface area (Å²) in [5.41, 5.74) is 6.06. The van der Waals surface area contributed by atoms with Crippen molar-refractivity contribution in [2.45, 2.75) is 20.8 Å². The molecule has 0 fully saturated rings. The maximum Gasteiger partial charge on any atom is 0.151 e. The van der Waals surface area contributed by atoms with Gasteiger partial charge in [0.15, 0.2) is 5.82 Å². The van der Waals surface area contributed by atoms with Gasteiger partial charge in [-0.15, -0.1) is 0 Å². The zero-order chi connectivity index (χ0) is 13.8. The number of halogens is 1. The van der Waals surface area contributed by atoms with Gasteiger partial charge in [-0.25, -0.2) is 9.97 Å². The molecule has 5 heteroatoms. The van der Waals surface area contributed by atoms with E-state index in [1.165, 1.54) is 5.56 Å². The Balaban J connectivity index is 2.15. The number of nitrogens with zero attached hydrogens (tertiary/aromatic N) is 3. The minimum absolute atomic E-state index is 0.401. The van der Waals surface area contributed by atoms with Gasteiger partial charge in [0, 0.05) is 6.07 Å². The van der Waals surface area contributed by atoms with E-state index in [4.69, 9.17) is 11.6 Å². The fourth-order valence-electron chi connectivity index (χ4n) is 1.59. The summed E-state index contributed by atoms with van der Waals surface area (Å²) >= 11 is 5.86. The van der Waals surface area contributed by atoms with Crippen LogP contribution in [0.5, 0.6) is 0 Å². The lowest BCUT2D eigenvalue weighted by molar-refractivity contribution is 1.04. The van der Waals surface area contributed by atoms with E-state index in [-0.39, 0.29) is 0 Å². The molecule has 98 valence electrons. The molecule has 0 radical (unpaired) electrons. The van der Waals surface area contributed by atoms with Crippen molar-refractivity contribution in [2.75, 3.05) is 5.43 Å². The molecule has 0 aliphatic heterocycles. The topological polar surface area (TPSA) is 50.2 Å². The van der Waals surface area contributed by atoms with Crippen LogP contribution in [0.4, 0.5) is 5.82 Å². The van der Waals surface area contributed by atoms with Gasteiger partial charge in [-0.05, 0) is 26.3 Å². The van der Waals surface area contributed by atoms with Crippen LogP contribution in [0.15, 0.2) is 35.4 Å². The first-order chi connectivity index (χ1) is 9.04. The molecule has 19 heavy (non-hydrogen) atoms. The van der Waals surface area contributed by atoms with Gasteiger partial charge in [-0.1, -0.05) is 41.4 Å². The first-order valence-electron chi connectivity index (χ1n) is 5.93. The summed E-state index contributed by atoms with van der Waals surface area (Å²) < 4.78 is 0. The van der Waals surface area contributed by atoms with Crippen molar-refractivity contribution in [2.24, 2.45) is 5.10 Å². The number of hydrogen-bond donors (Lipinski definition) is 1. The lowest BCUT2D eigenvalue weighted by atomic mass is 10.1. The minimum Gasteiger partial charge on any atom is -0.261 e. The Hall–Kier alpha value is -1.94. The summed E-state index contributed by atoms with van der Waals surface area (Å²) in [4.78, 5) is 8.20. The van der Waals surface area contributed by atoms with Crippen molar-refractivity contribution in [3.8, 4) is 0 Å². The summed E-state index contributed by atoms with van der Waals surface area (Å²) in [6.45, 7) is 5.78. The van der Waals surface area contributed by atoms with E-state index in [1.54, 1.807) is 13.0 Å². The maximum atomic E-state index is 5.86. The van der Waals surface area contributed by atoms with Crippen LogP contribution in [0.3, 0.4) is 0 Å². The molecule has 2 aromatic rings. The van der Waals surface area contributed by atoms with Crippen molar-refractivity contribution in [3.05, 3.63) is 52.4 Å². The zero-order valence-corrected chi connectivity index (χ0v) is 11.9. The Kier molecular flexibility index (Phi) is 4.12. The summed E-state index contributed by atoms with van der Waals surface area (Å²) in [6.07, 6.45) is 0. The number of benzene rings is 1. The molecular formula is C14H15ClN4. The van der Waals surface area contributed by atoms with Crippen molar-refractivity contribution in [1.82, 2.24) is 9.97 Å². The van der Waals surface area contributed by atoms with Crippen LogP contribution in [0, 0.1) is 13.8 Å². The highest BCUT2D eigenvalue weighted by molar-refractivity contribution is 6.29. The Morgan fingerprint density at radius 2 is 1.84 bits per heavy atom. The smallest absolute Gasteiger partial charge is 0.151 e. The van der Waals surface area contributed by atoms with Gasteiger partial charge in [0.05, 0.1) is 5.71 Å². The van der Waals surface area contributed by atoms with Crippen LogP contribution in [-0.4, -0.2) is 15.7 Å². The predicted octanol–water partition coefficient (Wildman–Crippen LogP) is 3.58. The largest absolute Gasteiger partial charge is 0.261 e. The fourth-order valence-corrected chi connectivity index (χ4v) is 1.81. The van der Waals surface area contributed by atoms with Crippen LogP contribution in [0.1, 0.15) is 23.9 Å². The van der Waals surface area contributed by atoms with E-state index in [0.29, 0.717) is 16.8 Å². The standard InChI is InChI=1S/C14H15ClN4/c1-9-4-6-12(7-5-9)10(2)18-19-14-8-13(15)16-11(3)17-14/h4-8H,1-3H3,(H,16,17,19)/b18-10-. The summed E-state index contributed by atoms with van der Waals surface area (Å²) in [5, 5.41) is 4.70. The molecule has 0 aliphatic carbocycles. The van der Waals surface area contributed by atoms with Crippen LogP contribution in [-0.2, 0) is 0 Å². The summed E-state index contributed by atoms with van der Waals surface area (Å²) in [6, 6.07) is 9.82. The van der Waals surface area contributed by atoms with Crippen LogP contribution in [0.2, 0.25) is 5.15 Å². The van der Waals surface area contributed by atoms with Gasteiger partial charge in [-0.3, -0.25) is 5.43 Å². The van der Waals surface area contributed by atoms with E-state index < -0.39 is 0 Å². The SMILES string of the molecule is C/C(=N/Nc1cc(Cl)nc(C)n1)c1ccc(C)cc1. The third kappa shape index (κ3) is 3.76. The summed E-state index contributed by atoms with van der Waals surface area (Å²) in [7, 11) is 0. The second-order valence-corrected chi connectivity index (χ2v) is 4.69. The highest BCUT2D eigenvalue weighted by atomic mass is 35.5. The van der Waals surface area contributed by atoms with Crippen LogP contribution < -0.4 is 5.43 Å². The van der Waals surface area contributed by atoms with Gasteiger partial charge < -0.3 is 0 Å². The van der Waals surface area contributed by atoms with Crippen LogP contribution in [0.25, 0.3) is 0 Å². The van der Waals surface area contributed by atoms with Crippen LogP contribution >= 0.6 is 11.6 Å². The maximum absolute atomic E-state index is 5.86. The van der Waals surface area contributed by atoms with E-state index in [0.717, 1.165) is 11.3 Å². The van der Waals surface area contributed by atoms with E-state index in [2.05, 4.69) is 39.6 Å². The van der Waals surface area contributed by atoms with Crippen molar-refractivity contribution < 1.29 is 0 Å². The molecule has 0 spiro atoms. The lowest BCUT2D eigenvalue weighted by Gasteiger charge is -2.04. The molecule has 1 aromatic carbocycles. The van der Waals surface area contributed by atoms with Gasteiger partial charge in [0.1, 0.15) is 11.0 Å². The van der Waals surface area contributed by atoms with Crippen molar-refractivity contribution in [1.29, 1.82) is 0 Å². The molecular weight excluding hydrogens is 260 g/mol. The summed E-state index contributed by atoms with van der Waals surface area (Å²) in [5.74, 6) is 1.20. The van der Waals surface area contributed by atoms with Gasteiger partial charge in [0.25, 0.3) is 0 Å². The highest BCUT2D eigenvalue weighted by Gasteiger charge is 2.00. The quantitative estimate of drug-likeness (QED) is 0.529. The molecule has 1 aromatic heterocycles. The molecule has 0 amide bonds. The monoisotopic (exact) mass is 274 g/mol. The van der Waals surface area contributed by atoms with Gasteiger partial charge in [-0.2, -0.15) is 5.10 Å². The lowest BCUT2D eigenvalue weighted by Crippen LogP contribution is -2.02. The molecule has 0 bridgehead atoms. The van der Waals surface area contributed by atoms with E-state index >= 15 is 0 Å². The number of rotatable bonds is 3. The molecule has 0 unspecified atom stereocenters. The molecule has 0 saturated heterocycles. The van der Waals surface area contributed by atoms with Gasteiger partial charge in [0.2, 0.25) is 0 Å². The molecule has 0 aliphatic rings. The highest BCUT2D eigenvalue weighted by Crippen LogP contribution is 2.11. The third-order valence-electron chi connectivity index (χ3n) is 2.61. The minimum atomic E-state index is 0.401. The number of aromatic nitrogens is 2. The average molecular weight is 275 g/mol. The third-order valence-corrected chi connectivity index (χ3v) is 2.81. The Bertz CT molecular complexity index is 585. The second kappa shape index (κ2) is 5.80. The second-order valence-electron chi connectivity index (χ2n) is 4.30.